The summed E-state index contributed by atoms with van der Waals surface area (Å²) in [6.45, 7) is 0. The van der Waals surface area contributed by atoms with Crippen LogP contribution < -0.4 is 9.47 Å². The van der Waals surface area contributed by atoms with Crippen molar-refractivity contribution in [1.82, 2.24) is 0 Å². The molecule has 0 atom stereocenters. The Morgan fingerprint density at radius 2 is 1.38 bits per heavy atom. The summed E-state index contributed by atoms with van der Waals surface area (Å²) < 4.78 is 69.2. The number of para-hydroxylation sites is 1. The first-order valence-corrected chi connectivity index (χ1v) is 9.47. The second-order valence-electron chi connectivity index (χ2n) is 4.59. The maximum Gasteiger partial charge on any atom is 0.298 e. The molecule has 10 nitrogen and oxygen atoms in total. The highest BCUT2D eigenvalue weighted by Gasteiger charge is 2.17. The maximum atomic E-state index is 10.7. The molecule has 2 aromatic carbocycles. The van der Waals surface area contributed by atoms with Crippen LogP contribution >= 0.6 is 0 Å². The summed E-state index contributed by atoms with van der Waals surface area (Å²) in [4.78, 5) is -0.881. The smallest absolute Gasteiger partial charge is 0.298 e. The van der Waals surface area contributed by atoms with Gasteiger partial charge >= 0.3 is 0 Å². The lowest BCUT2D eigenvalue weighted by molar-refractivity contribution is 0.364. The molecule has 0 unspecified atom stereocenters. The summed E-state index contributed by atoms with van der Waals surface area (Å²) >= 11 is 0. The highest BCUT2D eigenvalue weighted by molar-refractivity contribution is 7.86. The number of aromatic hydroxyl groups is 2. The van der Waals surface area contributed by atoms with Crippen molar-refractivity contribution in [3.63, 3.8) is 0 Å². The highest BCUT2D eigenvalue weighted by atomic mass is 32.2. The number of ether oxygens (including phenoxy) is 2. The van der Waals surface area contributed by atoms with Crippen LogP contribution in [0, 0.1) is 0 Å². The Hall–Kier alpha value is -2.54. The van der Waals surface area contributed by atoms with Gasteiger partial charge in [-0.05, 0) is 24.3 Å². The van der Waals surface area contributed by atoms with Crippen LogP contribution in [-0.2, 0) is 20.2 Å². The van der Waals surface area contributed by atoms with E-state index in [2.05, 4.69) is 9.47 Å². The molecule has 0 bridgehead atoms. The van der Waals surface area contributed by atoms with E-state index in [0.29, 0.717) is 0 Å². The SMILES string of the molecule is COc1cc(S(=O)(=O)O)ccc1O.COc1cccc(S(=O)(=O)O)c1O. The lowest BCUT2D eigenvalue weighted by Gasteiger charge is -2.05. The number of hydrogen-bond acceptors (Lipinski definition) is 8. The molecule has 0 heterocycles. The molecule has 0 radical (unpaired) electrons. The first-order chi connectivity index (χ1) is 11.9. The van der Waals surface area contributed by atoms with Crippen LogP contribution in [0.3, 0.4) is 0 Å². The molecule has 0 aliphatic carbocycles. The molecular formula is C14H16O10S2. The quantitative estimate of drug-likeness (QED) is 0.541. The molecule has 0 saturated carbocycles. The van der Waals surface area contributed by atoms with Crippen molar-refractivity contribution in [3.8, 4) is 23.0 Å². The summed E-state index contributed by atoms with van der Waals surface area (Å²) in [5, 5.41) is 18.4. The summed E-state index contributed by atoms with van der Waals surface area (Å²) in [5.41, 5.74) is 0. The lowest BCUT2D eigenvalue weighted by Crippen LogP contribution is -1.99. The standard InChI is InChI=1S/2C7H8O5S/c1-12-7-4-5(13(9,10)11)2-3-6(7)8;1-12-5-3-2-4-6(7(5)8)13(9,10)11/h2*2-4,8H,1H3,(H,9,10,11). The van der Waals surface area contributed by atoms with Crippen molar-refractivity contribution < 1.29 is 45.6 Å². The van der Waals surface area contributed by atoms with E-state index in [0.717, 1.165) is 24.3 Å². The van der Waals surface area contributed by atoms with Crippen molar-refractivity contribution in [1.29, 1.82) is 0 Å². The molecule has 0 amide bonds. The molecule has 4 N–H and O–H groups in total. The van der Waals surface area contributed by atoms with Crippen molar-refractivity contribution in [2.75, 3.05) is 14.2 Å². The average Bonchev–Trinajstić information content (AvgIpc) is 2.54. The van der Waals surface area contributed by atoms with Gasteiger partial charge in [0, 0.05) is 6.07 Å². The monoisotopic (exact) mass is 408 g/mol. The topological polar surface area (TPSA) is 168 Å². The molecule has 144 valence electrons. The Labute approximate surface area is 149 Å². The first-order valence-electron chi connectivity index (χ1n) is 6.59. The fourth-order valence-corrected chi connectivity index (χ4v) is 2.78. The van der Waals surface area contributed by atoms with Crippen molar-refractivity contribution in [2.45, 2.75) is 9.79 Å². The van der Waals surface area contributed by atoms with Crippen LogP contribution in [0.2, 0.25) is 0 Å². The van der Waals surface area contributed by atoms with Gasteiger partial charge in [-0.25, -0.2) is 0 Å². The van der Waals surface area contributed by atoms with Gasteiger partial charge in [0.2, 0.25) is 0 Å². The van der Waals surface area contributed by atoms with Crippen molar-refractivity contribution in [2.24, 2.45) is 0 Å². The Bertz CT molecular complexity index is 979. The second kappa shape index (κ2) is 8.23. The number of rotatable bonds is 4. The van der Waals surface area contributed by atoms with Gasteiger partial charge in [0.15, 0.2) is 23.0 Å². The summed E-state index contributed by atoms with van der Waals surface area (Å²) in [5.74, 6) is -0.785. The van der Waals surface area contributed by atoms with E-state index in [1.165, 1.54) is 26.4 Å². The number of hydrogen-bond donors (Lipinski definition) is 4. The zero-order chi connectivity index (χ0) is 20.1. The van der Waals surface area contributed by atoms with Crippen LogP contribution in [0.25, 0.3) is 0 Å². The summed E-state index contributed by atoms with van der Waals surface area (Å²) in [6, 6.07) is 7.04. The molecule has 2 rings (SSSR count). The third-order valence-corrected chi connectivity index (χ3v) is 4.64. The van der Waals surface area contributed by atoms with Gasteiger partial charge in [-0.1, -0.05) is 6.07 Å². The number of methoxy groups -OCH3 is 2. The fraction of sp³-hybridized carbons (Fsp3) is 0.143. The zero-order valence-electron chi connectivity index (χ0n) is 13.5. The molecule has 0 aromatic heterocycles. The molecule has 0 aliphatic heterocycles. The summed E-state index contributed by atoms with van der Waals surface area (Å²) in [7, 11) is -6.08. The van der Waals surface area contributed by atoms with E-state index in [4.69, 9.17) is 14.2 Å². The van der Waals surface area contributed by atoms with Crippen LogP contribution in [0.1, 0.15) is 0 Å². The van der Waals surface area contributed by atoms with E-state index in [1.807, 2.05) is 0 Å². The second-order valence-corrected chi connectivity index (χ2v) is 7.40. The average molecular weight is 408 g/mol. The lowest BCUT2D eigenvalue weighted by atomic mass is 10.3. The van der Waals surface area contributed by atoms with Gasteiger partial charge in [-0.15, -0.1) is 0 Å². The van der Waals surface area contributed by atoms with E-state index in [9.17, 15) is 21.9 Å². The molecule has 26 heavy (non-hydrogen) atoms. The van der Waals surface area contributed by atoms with Crippen molar-refractivity contribution in [3.05, 3.63) is 36.4 Å². The Kier molecular flexibility index (Phi) is 6.80. The number of phenols is 2. The van der Waals surface area contributed by atoms with Gasteiger partial charge in [0.25, 0.3) is 20.2 Å². The minimum Gasteiger partial charge on any atom is -0.504 e. The molecule has 0 fully saturated rings. The Balaban J connectivity index is 0.000000260. The molecule has 0 spiro atoms. The van der Waals surface area contributed by atoms with E-state index in [-0.39, 0.29) is 22.1 Å². The minimum atomic E-state index is -4.40. The maximum absolute atomic E-state index is 10.7. The summed E-state index contributed by atoms with van der Waals surface area (Å²) in [6.07, 6.45) is 0. The number of benzene rings is 2. The molecule has 0 saturated heterocycles. The predicted molar refractivity (Wildman–Crippen MR) is 88.9 cm³/mol. The van der Waals surface area contributed by atoms with Gasteiger partial charge < -0.3 is 19.7 Å². The number of phenolic OH excluding ortho intramolecular Hbond substituents is 2. The van der Waals surface area contributed by atoms with Crippen LogP contribution in [0.5, 0.6) is 23.0 Å². The largest absolute Gasteiger partial charge is 0.504 e. The predicted octanol–water partition coefficient (Wildman–Crippen LogP) is 1.29. The van der Waals surface area contributed by atoms with Crippen LogP contribution in [-0.4, -0.2) is 50.4 Å². The zero-order valence-corrected chi connectivity index (χ0v) is 15.2. The van der Waals surface area contributed by atoms with E-state index >= 15 is 0 Å². The molecule has 2 aromatic rings. The Morgan fingerprint density at radius 1 is 0.808 bits per heavy atom. The Morgan fingerprint density at radius 3 is 1.85 bits per heavy atom. The van der Waals surface area contributed by atoms with E-state index in [1.54, 1.807) is 0 Å². The van der Waals surface area contributed by atoms with Gasteiger partial charge in [-0.3, -0.25) is 9.11 Å². The van der Waals surface area contributed by atoms with Gasteiger partial charge in [0.1, 0.15) is 4.90 Å². The normalized spacial score (nSPS) is 11.2. The third kappa shape index (κ3) is 5.49. The van der Waals surface area contributed by atoms with Gasteiger partial charge in [-0.2, -0.15) is 16.8 Å². The third-order valence-electron chi connectivity index (χ3n) is 2.91. The highest BCUT2D eigenvalue weighted by Crippen LogP contribution is 2.32. The molecule has 0 aliphatic rings. The van der Waals surface area contributed by atoms with Crippen LogP contribution in [0.15, 0.2) is 46.2 Å². The molecular weight excluding hydrogens is 392 g/mol. The molecule has 12 heteroatoms. The van der Waals surface area contributed by atoms with Crippen LogP contribution in [0.4, 0.5) is 0 Å². The minimum absolute atomic E-state index is 0.00451. The van der Waals surface area contributed by atoms with Crippen molar-refractivity contribution >= 4 is 20.2 Å². The fourth-order valence-electron chi connectivity index (χ4n) is 1.69. The van der Waals surface area contributed by atoms with E-state index < -0.39 is 30.9 Å². The van der Waals surface area contributed by atoms with Gasteiger partial charge in [0.05, 0.1) is 19.1 Å². The first kappa shape index (κ1) is 21.5.